The van der Waals surface area contributed by atoms with Crippen LogP contribution in [0.25, 0.3) is 10.2 Å². The molecule has 0 radical (unpaired) electrons. The van der Waals surface area contributed by atoms with Gasteiger partial charge in [-0.25, -0.2) is 4.98 Å². The number of aromatic nitrogens is 1. The molecule has 1 amide bonds. The van der Waals surface area contributed by atoms with Crippen molar-refractivity contribution in [2.24, 2.45) is 0 Å². The van der Waals surface area contributed by atoms with E-state index < -0.39 is 0 Å². The first-order chi connectivity index (χ1) is 11.7. The van der Waals surface area contributed by atoms with Crippen LogP contribution in [0.15, 0.2) is 28.9 Å². The Labute approximate surface area is 143 Å². The van der Waals surface area contributed by atoms with Crippen molar-refractivity contribution in [2.45, 2.75) is 20.1 Å². The molecule has 0 atom stereocenters. The molecule has 3 aromatic rings. The zero-order chi connectivity index (χ0) is 16.7. The Hall–Kier alpha value is -2.38. The number of thiophene rings is 1. The average Bonchev–Trinajstić information content (AvgIpc) is 3.18. The molecule has 1 aliphatic rings. The van der Waals surface area contributed by atoms with Gasteiger partial charge in [0.15, 0.2) is 0 Å². The van der Waals surface area contributed by atoms with E-state index in [9.17, 15) is 4.79 Å². The monoisotopic (exact) mass is 343 g/mol. The van der Waals surface area contributed by atoms with Crippen LogP contribution in [0.1, 0.15) is 26.7 Å². The molecule has 24 heavy (non-hydrogen) atoms. The molecule has 1 N–H and O–H groups in total. The van der Waals surface area contributed by atoms with Gasteiger partial charge in [0, 0.05) is 18.2 Å². The Morgan fingerprint density at radius 3 is 3.12 bits per heavy atom. The van der Waals surface area contributed by atoms with Gasteiger partial charge in [-0.15, -0.1) is 11.3 Å². The fraction of sp³-hybridized carbons (Fsp3) is 0.294. The van der Waals surface area contributed by atoms with Gasteiger partial charge in [-0.1, -0.05) is 0 Å². The maximum absolute atomic E-state index is 12.9. The molecule has 0 fully saturated rings. The number of carbonyl (C=O) groups excluding carboxylic acids is 1. The summed E-state index contributed by atoms with van der Waals surface area (Å²) < 4.78 is 10.7. The first-order valence-corrected chi connectivity index (χ1v) is 8.46. The van der Waals surface area contributed by atoms with E-state index in [2.05, 4.69) is 10.3 Å². The second-order valence-corrected chi connectivity index (χ2v) is 6.76. The predicted molar refractivity (Wildman–Crippen MR) is 92.1 cm³/mol. The average molecular weight is 343 g/mol. The van der Waals surface area contributed by atoms with Crippen LogP contribution in [-0.2, 0) is 17.9 Å². The highest BCUT2D eigenvalue weighted by Gasteiger charge is 2.30. The molecule has 0 spiro atoms. The van der Waals surface area contributed by atoms with E-state index in [1.54, 1.807) is 18.3 Å². The van der Waals surface area contributed by atoms with E-state index >= 15 is 0 Å². The number of rotatable bonds is 4. The molecule has 0 bridgehead atoms. The normalized spacial score (nSPS) is 14.1. The van der Waals surface area contributed by atoms with Crippen LogP contribution in [0, 0.1) is 6.92 Å². The molecule has 4 rings (SSSR count). The molecule has 1 aliphatic heterocycles. The highest BCUT2D eigenvalue weighted by molar-refractivity contribution is 7.21. The Morgan fingerprint density at radius 1 is 1.50 bits per heavy atom. The van der Waals surface area contributed by atoms with Gasteiger partial charge in [0.25, 0.3) is 5.91 Å². The molecule has 3 aromatic heterocycles. The smallest absolute Gasteiger partial charge is 0.267 e. The standard InChI is InChI=1S/C17H17N3O3S/c1-10-6-11(8-22-2)13-14-15(24-16(13)19-10)17(21)20(9-18-14)7-12-4-3-5-23-12/h3-6,18H,7-9H2,1-2H3. The van der Waals surface area contributed by atoms with Gasteiger partial charge < -0.3 is 19.4 Å². The Morgan fingerprint density at radius 2 is 2.38 bits per heavy atom. The first kappa shape index (κ1) is 15.2. The van der Waals surface area contributed by atoms with Crippen molar-refractivity contribution in [1.82, 2.24) is 9.88 Å². The summed E-state index contributed by atoms with van der Waals surface area (Å²) in [4.78, 5) is 20.8. The van der Waals surface area contributed by atoms with Gasteiger partial charge in [0.05, 0.1) is 31.8 Å². The van der Waals surface area contributed by atoms with Crippen molar-refractivity contribution < 1.29 is 13.9 Å². The molecular formula is C17H17N3O3S. The number of nitrogens with one attached hydrogen (secondary N) is 1. The van der Waals surface area contributed by atoms with Crippen LogP contribution >= 0.6 is 11.3 Å². The SMILES string of the molecule is COCc1cc(C)nc2sc3c(c12)NCN(Cc1ccco1)C3=O. The Balaban J connectivity index is 1.75. The number of aryl methyl sites for hydroxylation is 1. The number of amides is 1. The topological polar surface area (TPSA) is 67.6 Å². The second-order valence-electron chi connectivity index (χ2n) is 5.76. The van der Waals surface area contributed by atoms with Crippen molar-refractivity contribution in [3.05, 3.63) is 46.4 Å². The van der Waals surface area contributed by atoms with Crippen LogP contribution in [-0.4, -0.2) is 29.6 Å². The summed E-state index contributed by atoms with van der Waals surface area (Å²) in [5.41, 5.74) is 2.85. The minimum atomic E-state index is 0.00386. The number of furan rings is 1. The summed E-state index contributed by atoms with van der Waals surface area (Å²) in [6.07, 6.45) is 1.62. The minimum Gasteiger partial charge on any atom is -0.467 e. The van der Waals surface area contributed by atoms with Crippen molar-refractivity contribution in [3.8, 4) is 0 Å². The Kier molecular flexibility index (Phi) is 3.74. The summed E-state index contributed by atoms with van der Waals surface area (Å²) >= 11 is 1.43. The number of carbonyl (C=O) groups is 1. The lowest BCUT2D eigenvalue weighted by Crippen LogP contribution is -2.38. The van der Waals surface area contributed by atoms with Crippen molar-refractivity contribution in [1.29, 1.82) is 0 Å². The summed E-state index contributed by atoms with van der Waals surface area (Å²) in [5.74, 6) is 0.771. The van der Waals surface area contributed by atoms with E-state index in [4.69, 9.17) is 9.15 Å². The van der Waals surface area contributed by atoms with E-state index in [0.29, 0.717) is 24.7 Å². The summed E-state index contributed by atoms with van der Waals surface area (Å²) in [7, 11) is 1.67. The number of hydrogen-bond donors (Lipinski definition) is 1. The van der Waals surface area contributed by atoms with Crippen LogP contribution in [0.5, 0.6) is 0 Å². The number of fused-ring (bicyclic) bond motifs is 3. The van der Waals surface area contributed by atoms with Crippen LogP contribution in [0.2, 0.25) is 0 Å². The lowest BCUT2D eigenvalue weighted by molar-refractivity contribution is 0.0740. The highest BCUT2D eigenvalue weighted by Crippen LogP contribution is 2.40. The number of methoxy groups -OCH3 is 1. The number of pyridine rings is 1. The number of ether oxygens (including phenoxy) is 1. The molecule has 0 saturated carbocycles. The maximum atomic E-state index is 12.9. The molecule has 0 unspecified atom stereocenters. The summed E-state index contributed by atoms with van der Waals surface area (Å²) in [6, 6.07) is 5.71. The molecular weight excluding hydrogens is 326 g/mol. The first-order valence-electron chi connectivity index (χ1n) is 7.65. The lowest BCUT2D eigenvalue weighted by atomic mass is 10.1. The van der Waals surface area contributed by atoms with Crippen LogP contribution in [0.3, 0.4) is 0 Å². The number of anilines is 1. The number of nitrogens with zero attached hydrogens (tertiary/aromatic N) is 2. The molecule has 4 heterocycles. The largest absolute Gasteiger partial charge is 0.467 e. The van der Waals surface area contributed by atoms with Gasteiger partial charge in [0.1, 0.15) is 15.5 Å². The van der Waals surface area contributed by atoms with Gasteiger partial charge in [0.2, 0.25) is 0 Å². The Bertz CT molecular complexity index is 902. The van der Waals surface area contributed by atoms with Crippen LogP contribution in [0.4, 0.5) is 5.69 Å². The van der Waals surface area contributed by atoms with Gasteiger partial charge in [-0.2, -0.15) is 0 Å². The summed E-state index contributed by atoms with van der Waals surface area (Å²) in [5, 5.41) is 4.37. The van der Waals surface area contributed by atoms with E-state index in [0.717, 1.165) is 32.9 Å². The fourth-order valence-electron chi connectivity index (χ4n) is 3.01. The van der Waals surface area contributed by atoms with E-state index in [-0.39, 0.29) is 5.91 Å². The fourth-order valence-corrected chi connectivity index (χ4v) is 4.22. The highest BCUT2D eigenvalue weighted by atomic mass is 32.1. The third kappa shape index (κ3) is 2.46. The number of hydrogen-bond acceptors (Lipinski definition) is 6. The minimum absolute atomic E-state index is 0.00386. The van der Waals surface area contributed by atoms with Gasteiger partial charge >= 0.3 is 0 Å². The molecule has 0 saturated heterocycles. The lowest BCUT2D eigenvalue weighted by Gasteiger charge is -2.27. The molecule has 6 nitrogen and oxygen atoms in total. The van der Waals surface area contributed by atoms with Crippen molar-refractivity contribution in [2.75, 3.05) is 19.1 Å². The zero-order valence-electron chi connectivity index (χ0n) is 13.5. The van der Waals surface area contributed by atoms with Gasteiger partial charge in [-0.05, 0) is 30.7 Å². The second kappa shape index (κ2) is 5.92. The quantitative estimate of drug-likeness (QED) is 0.787. The maximum Gasteiger partial charge on any atom is 0.267 e. The van der Waals surface area contributed by atoms with Crippen molar-refractivity contribution >= 4 is 33.1 Å². The zero-order valence-corrected chi connectivity index (χ0v) is 14.3. The van der Waals surface area contributed by atoms with Gasteiger partial charge in [-0.3, -0.25) is 4.79 Å². The third-order valence-electron chi connectivity index (χ3n) is 4.03. The van der Waals surface area contributed by atoms with E-state index in [1.807, 2.05) is 25.1 Å². The molecule has 7 heteroatoms. The van der Waals surface area contributed by atoms with E-state index in [1.165, 1.54) is 11.3 Å². The third-order valence-corrected chi connectivity index (χ3v) is 5.10. The summed E-state index contributed by atoms with van der Waals surface area (Å²) in [6.45, 7) is 3.34. The van der Waals surface area contributed by atoms with Crippen LogP contribution < -0.4 is 5.32 Å². The molecule has 0 aliphatic carbocycles. The predicted octanol–water partition coefficient (Wildman–Crippen LogP) is 3.37. The molecule has 0 aromatic carbocycles. The molecule has 124 valence electrons. The van der Waals surface area contributed by atoms with Crippen molar-refractivity contribution in [3.63, 3.8) is 0 Å².